The number of methoxy groups -OCH3 is 1. The summed E-state index contributed by atoms with van der Waals surface area (Å²) in [5, 5.41) is 2.80. The molecule has 0 aliphatic heterocycles. The van der Waals surface area contributed by atoms with Gasteiger partial charge in [-0.25, -0.2) is 13.1 Å². The standard InChI is InChI=1S/C21H32N2O5S/c1-6-7-8-13-28-19-10-9-17(15-20(19)27-4)11-12-22-21(24)18(14-16(2)3)23-29(5,25)26/h9-10,15-16,18,23H,6,11-14H2,1-5H3,(H,22,24)/t18-/m0/s1. The van der Waals surface area contributed by atoms with E-state index in [1.807, 2.05) is 39.0 Å². The number of carbonyl (C=O) groups excluding carboxylic acids is 1. The highest BCUT2D eigenvalue weighted by molar-refractivity contribution is 7.88. The summed E-state index contributed by atoms with van der Waals surface area (Å²) in [5.74, 6) is 6.92. The van der Waals surface area contributed by atoms with Gasteiger partial charge in [-0.3, -0.25) is 4.79 Å². The SMILES string of the molecule is CCC#CCOc1ccc(CCNC(=O)[C@H](CC(C)C)NS(C)(=O)=O)cc1OC. The molecule has 0 bridgehead atoms. The maximum atomic E-state index is 12.4. The quantitative estimate of drug-likeness (QED) is 0.531. The molecule has 0 heterocycles. The van der Waals surface area contributed by atoms with E-state index in [9.17, 15) is 13.2 Å². The average molecular weight is 425 g/mol. The van der Waals surface area contributed by atoms with Crippen LogP contribution in [0.4, 0.5) is 0 Å². The first-order valence-corrected chi connectivity index (χ1v) is 11.6. The molecule has 0 aliphatic rings. The van der Waals surface area contributed by atoms with Crippen LogP contribution < -0.4 is 19.5 Å². The van der Waals surface area contributed by atoms with Crippen LogP contribution in [0.25, 0.3) is 0 Å². The first-order valence-electron chi connectivity index (χ1n) is 9.66. The topological polar surface area (TPSA) is 93.7 Å². The molecule has 0 unspecified atom stereocenters. The Kier molecular flexibility index (Phi) is 10.6. The molecule has 0 aliphatic carbocycles. The van der Waals surface area contributed by atoms with Gasteiger partial charge in [-0.2, -0.15) is 0 Å². The maximum absolute atomic E-state index is 12.4. The molecule has 1 rings (SSSR count). The Morgan fingerprint density at radius 2 is 1.93 bits per heavy atom. The summed E-state index contributed by atoms with van der Waals surface area (Å²) in [7, 11) is -1.90. The summed E-state index contributed by atoms with van der Waals surface area (Å²) >= 11 is 0. The van der Waals surface area contributed by atoms with Gasteiger partial charge in [0.1, 0.15) is 12.6 Å². The monoisotopic (exact) mass is 424 g/mol. The van der Waals surface area contributed by atoms with Crippen molar-refractivity contribution in [1.29, 1.82) is 0 Å². The van der Waals surface area contributed by atoms with E-state index >= 15 is 0 Å². The number of nitrogens with one attached hydrogen (secondary N) is 2. The average Bonchev–Trinajstić information content (AvgIpc) is 2.63. The van der Waals surface area contributed by atoms with Crippen molar-refractivity contribution in [1.82, 2.24) is 10.0 Å². The molecule has 162 valence electrons. The van der Waals surface area contributed by atoms with Crippen molar-refractivity contribution in [2.75, 3.05) is 26.5 Å². The summed E-state index contributed by atoms with van der Waals surface area (Å²) in [4.78, 5) is 12.4. The van der Waals surface area contributed by atoms with Crippen LogP contribution in [-0.2, 0) is 21.2 Å². The van der Waals surface area contributed by atoms with Crippen molar-refractivity contribution in [2.24, 2.45) is 5.92 Å². The van der Waals surface area contributed by atoms with Crippen LogP contribution in [0.2, 0.25) is 0 Å². The number of carbonyl (C=O) groups is 1. The van der Waals surface area contributed by atoms with Crippen molar-refractivity contribution in [3.05, 3.63) is 23.8 Å². The van der Waals surface area contributed by atoms with Crippen molar-refractivity contribution >= 4 is 15.9 Å². The fourth-order valence-corrected chi connectivity index (χ4v) is 3.39. The van der Waals surface area contributed by atoms with Crippen LogP contribution in [0.1, 0.15) is 39.2 Å². The highest BCUT2D eigenvalue weighted by Crippen LogP contribution is 2.28. The zero-order valence-electron chi connectivity index (χ0n) is 17.9. The fraction of sp³-hybridized carbons (Fsp3) is 0.571. The first-order chi connectivity index (χ1) is 13.7. The molecule has 0 aromatic heterocycles. The predicted octanol–water partition coefficient (Wildman–Crippen LogP) is 2.11. The highest BCUT2D eigenvalue weighted by Gasteiger charge is 2.22. The smallest absolute Gasteiger partial charge is 0.238 e. The predicted molar refractivity (Wildman–Crippen MR) is 114 cm³/mol. The minimum atomic E-state index is -3.47. The second-order valence-electron chi connectivity index (χ2n) is 7.09. The number of ether oxygens (including phenoxy) is 2. The zero-order valence-corrected chi connectivity index (χ0v) is 18.7. The summed E-state index contributed by atoms with van der Waals surface area (Å²) in [6, 6.07) is 4.79. The molecule has 29 heavy (non-hydrogen) atoms. The molecule has 7 nitrogen and oxygen atoms in total. The van der Waals surface area contributed by atoms with E-state index < -0.39 is 16.1 Å². The number of rotatable bonds is 11. The molecule has 0 saturated carbocycles. The molecular formula is C21H32N2O5S. The van der Waals surface area contributed by atoms with E-state index in [0.29, 0.717) is 37.5 Å². The molecule has 1 aromatic rings. The van der Waals surface area contributed by atoms with Gasteiger partial charge in [0.2, 0.25) is 15.9 Å². The van der Waals surface area contributed by atoms with Gasteiger partial charge in [0.05, 0.1) is 13.4 Å². The minimum Gasteiger partial charge on any atom is -0.493 e. The summed E-state index contributed by atoms with van der Waals surface area (Å²) in [5.41, 5.74) is 0.964. The molecule has 0 spiro atoms. The van der Waals surface area contributed by atoms with E-state index in [0.717, 1.165) is 18.2 Å². The van der Waals surface area contributed by atoms with E-state index in [2.05, 4.69) is 21.9 Å². The lowest BCUT2D eigenvalue weighted by molar-refractivity contribution is -0.123. The molecule has 2 N–H and O–H groups in total. The highest BCUT2D eigenvalue weighted by atomic mass is 32.2. The second-order valence-corrected chi connectivity index (χ2v) is 8.87. The molecule has 1 atom stereocenters. The van der Waals surface area contributed by atoms with Crippen LogP contribution in [0.5, 0.6) is 11.5 Å². The number of sulfonamides is 1. The lowest BCUT2D eigenvalue weighted by Crippen LogP contribution is -2.47. The molecule has 0 saturated heterocycles. The van der Waals surface area contributed by atoms with Crippen LogP contribution in [0.3, 0.4) is 0 Å². The van der Waals surface area contributed by atoms with Crippen molar-refractivity contribution in [3.63, 3.8) is 0 Å². The lowest BCUT2D eigenvalue weighted by atomic mass is 10.0. The van der Waals surface area contributed by atoms with Gasteiger partial charge in [0.25, 0.3) is 0 Å². The molecule has 1 aromatic carbocycles. The van der Waals surface area contributed by atoms with Gasteiger partial charge in [0.15, 0.2) is 11.5 Å². The van der Waals surface area contributed by atoms with Gasteiger partial charge in [-0.05, 0) is 36.5 Å². The number of benzene rings is 1. The Morgan fingerprint density at radius 1 is 1.21 bits per heavy atom. The van der Waals surface area contributed by atoms with Gasteiger partial charge in [-0.15, -0.1) is 5.92 Å². The Balaban J connectivity index is 2.66. The normalized spacial score (nSPS) is 12.1. The number of hydrogen-bond donors (Lipinski definition) is 2. The van der Waals surface area contributed by atoms with Gasteiger partial charge < -0.3 is 14.8 Å². The van der Waals surface area contributed by atoms with Gasteiger partial charge >= 0.3 is 0 Å². The molecule has 0 radical (unpaired) electrons. The Hall–Kier alpha value is -2.24. The third-order valence-electron chi connectivity index (χ3n) is 3.92. The number of amides is 1. The van der Waals surface area contributed by atoms with Crippen molar-refractivity contribution in [3.8, 4) is 23.3 Å². The third-order valence-corrected chi connectivity index (χ3v) is 4.64. The summed E-state index contributed by atoms with van der Waals surface area (Å²) in [6.07, 6.45) is 2.84. The van der Waals surface area contributed by atoms with Crippen molar-refractivity contribution in [2.45, 2.75) is 46.1 Å². The van der Waals surface area contributed by atoms with Gasteiger partial charge in [0, 0.05) is 13.0 Å². The van der Waals surface area contributed by atoms with E-state index in [1.165, 1.54) is 0 Å². The van der Waals surface area contributed by atoms with Crippen LogP contribution in [0.15, 0.2) is 18.2 Å². The van der Waals surface area contributed by atoms with Crippen LogP contribution in [0, 0.1) is 17.8 Å². The maximum Gasteiger partial charge on any atom is 0.238 e. The second kappa shape index (κ2) is 12.3. The molecule has 1 amide bonds. The number of hydrogen-bond acceptors (Lipinski definition) is 5. The molecular weight excluding hydrogens is 392 g/mol. The summed E-state index contributed by atoms with van der Waals surface area (Å²) in [6.45, 7) is 6.53. The summed E-state index contributed by atoms with van der Waals surface area (Å²) < 4.78 is 36.4. The zero-order chi connectivity index (χ0) is 21.9. The Labute approximate surface area is 174 Å². The van der Waals surface area contributed by atoms with E-state index in [4.69, 9.17) is 9.47 Å². The largest absolute Gasteiger partial charge is 0.493 e. The Bertz CT molecular complexity index is 825. The first kappa shape index (κ1) is 24.8. The minimum absolute atomic E-state index is 0.179. The molecule has 8 heteroatoms. The Morgan fingerprint density at radius 3 is 2.52 bits per heavy atom. The molecule has 0 fully saturated rings. The van der Waals surface area contributed by atoms with Crippen molar-refractivity contribution < 1.29 is 22.7 Å². The van der Waals surface area contributed by atoms with Gasteiger partial charge in [-0.1, -0.05) is 32.8 Å². The van der Waals surface area contributed by atoms with Crippen LogP contribution in [-0.4, -0.2) is 46.9 Å². The fourth-order valence-electron chi connectivity index (χ4n) is 2.67. The van der Waals surface area contributed by atoms with Crippen LogP contribution >= 0.6 is 0 Å². The van der Waals surface area contributed by atoms with E-state index in [1.54, 1.807) is 7.11 Å². The van der Waals surface area contributed by atoms with E-state index in [-0.39, 0.29) is 11.8 Å². The lowest BCUT2D eigenvalue weighted by Gasteiger charge is -2.19. The third kappa shape index (κ3) is 10.2.